The van der Waals surface area contributed by atoms with Crippen LogP contribution in [-0.4, -0.2) is 42.5 Å². The number of carbonyl (C=O) groups is 2. The molecule has 0 radical (unpaired) electrons. The summed E-state index contributed by atoms with van der Waals surface area (Å²) >= 11 is 5.81. The van der Waals surface area contributed by atoms with Gasteiger partial charge in [0.25, 0.3) is 0 Å². The molecule has 0 saturated carbocycles. The number of nitrogens with two attached hydrogens (primary N) is 1. The molecule has 1 fully saturated rings. The van der Waals surface area contributed by atoms with Gasteiger partial charge in [0.2, 0.25) is 5.91 Å². The number of carbonyl (C=O) groups excluding carboxylic acids is 2. The van der Waals surface area contributed by atoms with Gasteiger partial charge in [0.05, 0.1) is 6.54 Å². The lowest BCUT2D eigenvalue weighted by atomic mass is 9.92. The van der Waals surface area contributed by atoms with Gasteiger partial charge >= 0.3 is 6.03 Å². The fourth-order valence-electron chi connectivity index (χ4n) is 2.78. The van der Waals surface area contributed by atoms with Crippen molar-refractivity contribution in [1.29, 1.82) is 0 Å². The van der Waals surface area contributed by atoms with E-state index in [-0.39, 0.29) is 36.9 Å². The normalized spacial score (nSPS) is 18.0. The molecule has 1 aromatic carbocycles. The molecule has 2 atom stereocenters. The van der Waals surface area contributed by atoms with Crippen LogP contribution in [0.3, 0.4) is 0 Å². The molecule has 0 bridgehead atoms. The molecule has 0 aliphatic carbocycles. The van der Waals surface area contributed by atoms with Gasteiger partial charge in [-0.15, -0.1) is 12.4 Å². The highest BCUT2D eigenvalue weighted by atomic mass is 35.5. The molecule has 2 unspecified atom stereocenters. The van der Waals surface area contributed by atoms with Crippen molar-refractivity contribution in [1.82, 2.24) is 15.5 Å². The monoisotopic (exact) mass is 388 g/mol. The number of amides is 3. The predicted octanol–water partition coefficient (Wildman–Crippen LogP) is 2.15. The first-order valence-electron chi connectivity index (χ1n) is 8.25. The first-order chi connectivity index (χ1) is 11.5. The second kappa shape index (κ2) is 10.5. The van der Waals surface area contributed by atoms with Crippen LogP contribution in [0.4, 0.5) is 4.79 Å². The summed E-state index contributed by atoms with van der Waals surface area (Å²) in [4.78, 5) is 25.8. The highest BCUT2D eigenvalue weighted by Gasteiger charge is 2.25. The molecular formula is C17H26Cl2N4O2. The predicted molar refractivity (Wildman–Crippen MR) is 102 cm³/mol. The maximum atomic E-state index is 12.2. The van der Waals surface area contributed by atoms with E-state index in [1.54, 1.807) is 17.0 Å². The van der Waals surface area contributed by atoms with Crippen LogP contribution in [0, 0.1) is 5.92 Å². The fourth-order valence-corrected chi connectivity index (χ4v) is 2.91. The second-order valence-electron chi connectivity index (χ2n) is 6.26. The van der Waals surface area contributed by atoms with Gasteiger partial charge in [-0.05, 0) is 43.4 Å². The molecule has 1 heterocycles. The molecular weight excluding hydrogens is 363 g/mol. The number of rotatable bonds is 5. The Labute approximate surface area is 159 Å². The zero-order valence-corrected chi connectivity index (χ0v) is 15.9. The topological polar surface area (TPSA) is 87.5 Å². The van der Waals surface area contributed by atoms with Crippen LogP contribution in [0.5, 0.6) is 0 Å². The number of hydrogen-bond donors (Lipinski definition) is 3. The van der Waals surface area contributed by atoms with Gasteiger partial charge in [0.15, 0.2) is 0 Å². The van der Waals surface area contributed by atoms with Crippen molar-refractivity contribution in [3.63, 3.8) is 0 Å². The van der Waals surface area contributed by atoms with Crippen molar-refractivity contribution < 1.29 is 9.59 Å². The molecule has 8 heteroatoms. The number of hydrogen-bond acceptors (Lipinski definition) is 3. The summed E-state index contributed by atoms with van der Waals surface area (Å²) in [6.45, 7) is 3.76. The summed E-state index contributed by atoms with van der Waals surface area (Å²) in [5, 5.41) is 5.98. The van der Waals surface area contributed by atoms with Crippen LogP contribution in [0.2, 0.25) is 5.02 Å². The first-order valence-corrected chi connectivity index (χ1v) is 8.63. The van der Waals surface area contributed by atoms with E-state index in [4.69, 9.17) is 17.3 Å². The van der Waals surface area contributed by atoms with E-state index in [1.807, 2.05) is 19.1 Å². The van der Waals surface area contributed by atoms with Crippen LogP contribution in [-0.2, 0) is 11.3 Å². The van der Waals surface area contributed by atoms with Crippen molar-refractivity contribution in [2.24, 2.45) is 11.7 Å². The molecule has 1 aliphatic heterocycles. The Morgan fingerprint density at radius 3 is 2.64 bits per heavy atom. The van der Waals surface area contributed by atoms with E-state index >= 15 is 0 Å². The Bertz CT molecular complexity index is 566. The van der Waals surface area contributed by atoms with Crippen molar-refractivity contribution in [3.8, 4) is 0 Å². The van der Waals surface area contributed by atoms with Crippen molar-refractivity contribution in [3.05, 3.63) is 34.9 Å². The van der Waals surface area contributed by atoms with E-state index in [0.29, 0.717) is 24.0 Å². The summed E-state index contributed by atoms with van der Waals surface area (Å²) < 4.78 is 0. The Hall–Kier alpha value is -1.50. The minimum Gasteiger partial charge on any atom is -0.341 e. The summed E-state index contributed by atoms with van der Waals surface area (Å²) in [5.74, 6) is 0.267. The van der Waals surface area contributed by atoms with Crippen LogP contribution in [0.1, 0.15) is 25.3 Å². The number of likely N-dealkylation sites (tertiary alicyclic amines) is 1. The highest BCUT2D eigenvalue weighted by Crippen LogP contribution is 2.18. The molecule has 1 aliphatic rings. The summed E-state index contributed by atoms with van der Waals surface area (Å²) in [6, 6.07) is 6.94. The molecule has 2 rings (SSSR count). The molecule has 1 saturated heterocycles. The Balaban J connectivity index is 0.00000312. The maximum Gasteiger partial charge on any atom is 0.315 e. The maximum absolute atomic E-state index is 12.2. The fraction of sp³-hybridized carbons (Fsp3) is 0.529. The number of nitrogens with zero attached hydrogens (tertiary/aromatic N) is 1. The summed E-state index contributed by atoms with van der Waals surface area (Å²) in [5.41, 5.74) is 6.87. The smallest absolute Gasteiger partial charge is 0.315 e. The lowest BCUT2D eigenvalue weighted by Crippen LogP contribution is -2.49. The molecule has 0 aromatic heterocycles. The minimum atomic E-state index is -0.362. The summed E-state index contributed by atoms with van der Waals surface area (Å²) in [7, 11) is 0. The van der Waals surface area contributed by atoms with Crippen molar-refractivity contribution in [2.75, 3.05) is 19.6 Å². The number of piperidine rings is 1. The largest absolute Gasteiger partial charge is 0.341 e. The zero-order valence-electron chi connectivity index (χ0n) is 14.3. The van der Waals surface area contributed by atoms with Gasteiger partial charge in [-0.3, -0.25) is 4.79 Å². The lowest BCUT2D eigenvalue weighted by Gasteiger charge is -2.34. The third kappa shape index (κ3) is 7.10. The minimum absolute atomic E-state index is 0. The van der Waals surface area contributed by atoms with E-state index in [9.17, 15) is 9.59 Å². The average molecular weight is 389 g/mol. The number of urea groups is 1. The van der Waals surface area contributed by atoms with Gasteiger partial charge in [-0.2, -0.15) is 0 Å². The Morgan fingerprint density at radius 2 is 2.00 bits per heavy atom. The SMILES string of the molecule is CC(N)C1CCCN(C(=O)CNC(=O)NCc2ccc(Cl)cc2)C1.Cl. The van der Waals surface area contributed by atoms with E-state index in [0.717, 1.165) is 24.9 Å². The van der Waals surface area contributed by atoms with E-state index in [2.05, 4.69) is 10.6 Å². The molecule has 25 heavy (non-hydrogen) atoms. The number of benzene rings is 1. The highest BCUT2D eigenvalue weighted by molar-refractivity contribution is 6.30. The van der Waals surface area contributed by atoms with Crippen molar-refractivity contribution >= 4 is 35.9 Å². The van der Waals surface area contributed by atoms with Crippen LogP contribution >= 0.6 is 24.0 Å². The van der Waals surface area contributed by atoms with Gasteiger partial charge in [0, 0.05) is 30.7 Å². The van der Waals surface area contributed by atoms with Crippen LogP contribution in [0.25, 0.3) is 0 Å². The second-order valence-corrected chi connectivity index (χ2v) is 6.70. The van der Waals surface area contributed by atoms with Gasteiger partial charge in [0.1, 0.15) is 0 Å². The average Bonchev–Trinajstić information content (AvgIpc) is 2.59. The number of halogens is 2. The van der Waals surface area contributed by atoms with Gasteiger partial charge < -0.3 is 21.3 Å². The van der Waals surface area contributed by atoms with Gasteiger partial charge in [-0.25, -0.2) is 4.79 Å². The first kappa shape index (κ1) is 21.5. The number of nitrogens with one attached hydrogen (secondary N) is 2. The standard InChI is InChI=1S/C17H25ClN4O2.ClH/c1-12(19)14-3-2-8-22(11-14)16(23)10-21-17(24)20-9-13-4-6-15(18)7-5-13;/h4-7,12,14H,2-3,8-11,19H2,1H3,(H2,20,21,24);1H. The van der Waals surface area contributed by atoms with Crippen LogP contribution < -0.4 is 16.4 Å². The lowest BCUT2D eigenvalue weighted by molar-refractivity contribution is -0.131. The quantitative estimate of drug-likeness (QED) is 0.721. The third-order valence-corrected chi connectivity index (χ3v) is 4.57. The molecule has 3 amide bonds. The molecule has 4 N–H and O–H groups in total. The Morgan fingerprint density at radius 1 is 1.32 bits per heavy atom. The zero-order chi connectivity index (χ0) is 17.5. The van der Waals surface area contributed by atoms with Crippen molar-refractivity contribution in [2.45, 2.75) is 32.4 Å². The summed E-state index contributed by atoms with van der Waals surface area (Å²) in [6.07, 6.45) is 2.01. The third-order valence-electron chi connectivity index (χ3n) is 4.32. The van der Waals surface area contributed by atoms with Crippen LogP contribution in [0.15, 0.2) is 24.3 Å². The molecule has 0 spiro atoms. The van der Waals surface area contributed by atoms with E-state index in [1.165, 1.54) is 0 Å². The molecule has 6 nitrogen and oxygen atoms in total. The molecule has 1 aromatic rings. The molecule has 140 valence electrons. The Kier molecular flexibility index (Phi) is 9.03. The van der Waals surface area contributed by atoms with E-state index < -0.39 is 0 Å². The van der Waals surface area contributed by atoms with Gasteiger partial charge in [-0.1, -0.05) is 23.7 Å².